The number of benzene rings is 1. The van der Waals surface area contributed by atoms with Crippen LogP contribution >= 0.6 is 12.4 Å². The van der Waals surface area contributed by atoms with Crippen molar-refractivity contribution >= 4 is 24.1 Å². The number of hydrogen-bond acceptors (Lipinski definition) is 3. The van der Waals surface area contributed by atoms with Gasteiger partial charge in [-0.3, -0.25) is 4.79 Å². The molecule has 0 heterocycles. The van der Waals surface area contributed by atoms with Crippen molar-refractivity contribution in [1.82, 2.24) is 0 Å². The molecule has 86 valence electrons. The zero-order chi connectivity index (χ0) is 11.3. The number of halogens is 1. The van der Waals surface area contributed by atoms with E-state index in [0.29, 0.717) is 5.69 Å². The lowest BCUT2D eigenvalue weighted by molar-refractivity contribution is -0.138. The highest BCUT2D eigenvalue weighted by Gasteiger charge is 2.11. The second-order valence-electron chi connectivity index (χ2n) is 3.00. The minimum atomic E-state index is -1.03. The number of azide groups is 1. The zero-order valence-electron chi connectivity index (χ0n) is 8.28. The van der Waals surface area contributed by atoms with E-state index in [2.05, 4.69) is 10.0 Å². The quantitative estimate of drug-likeness (QED) is 0.478. The fraction of sp³-hybridized carbons (Fsp3) is 0.222. The number of rotatable bonds is 4. The van der Waals surface area contributed by atoms with E-state index in [1.165, 1.54) is 0 Å². The van der Waals surface area contributed by atoms with Crippen LogP contribution in [0.5, 0.6) is 0 Å². The molecule has 7 heteroatoms. The third-order valence-corrected chi connectivity index (χ3v) is 1.87. The second-order valence-corrected chi connectivity index (χ2v) is 3.00. The first-order chi connectivity index (χ1) is 7.13. The Morgan fingerprint density at radius 2 is 2.06 bits per heavy atom. The van der Waals surface area contributed by atoms with Gasteiger partial charge in [0, 0.05) is 10.6 Å². The molecule has 1 atom stereocenters. The minimum absolute atomic E-state index is 0. The maximum atomic E-state index is 10.5. The Bertz CT molecular complexity index is 400. The summed E-state index contributed by atoms with van der Waals surface area (Å²) in [6.07, 6.45) is 0.256. The molecule has 0 saturated carbocycles. The van der Waals surface area contributed by atoms with E-state index in [1.807, 2.05) is 0 Å². The van der Waals surface area contributed by atoms with Gasteiger partial charge in [-0.1, -0.05) is 29.4 Å². The molecule has 6 nitrogen and oxygen atoms in total. The van der Waals surface area contributed by atoms with E-state index in [-0.39, 0.29) is 18.8 Å². The molecular formula is C9H11ClN4O2. The number of nitrogens with zero attached hydrogens (tertiary/aromatic N) is 3. The van der Waals surface area contributed by atoms with E-state index in [1.54, 1.807) is 24.3 Å². The summed E-state index contributed by atoms with van der Waals surface area (Å²) in [5.74, 6) is -1.03. The average Bonchev–Trinajstić information content (AvgIpc) is 2.21. The van der Waals surface area contributed by atoms with E-state index in [9.17, 15) is 4.79 Å². The summed E-state index contributed by atoms with van der Waals surface area (Å²) in [6, 6.07) is 5.70. The third kappa shape index (κ3) is 4.18. The number of nitrogens with two attached hydrogens (primary N) is 1. The Hall–Kier alpha value is -1.75. The first kappa shape index (κ1) is 14.2. The molecular weight excluding hydrogens is 232 g/mol. The SMILES string of the molecule is Cl.[N-]=[N+]=Nc1ccc(CC(N)C(=O)O)cc1. The van der Waals surface area contributed by atoms with Gasteiger partial charge >= 0.3 is 5.97 Å². The Labute approximate surface area is 98.1 Å². The summed E-state index contributed by atoms with van der Waals surface area (Å²) in [5.41, 5.74) is 14.8. The van der Waals surface area contributed by atoms with Crippen LogP contribution in [-0.2, 0) is 11.2 Å². The summed E-state index contributed by atoms with van der Waals surface area (Å²) < 4.78 is 0. The molecule has 0 aliphatic carbocycles. The maximum absolute atomic E-state index is 10.5. The molecule has 1 rings (SSSR count). The molecule has 0 radical (unpaired) electrons. The van der Waals surface area contributed by atoms with Crippen molar-refractivity contribution in [2.75, 3.05) is 0 Å². The van der Waals surface area contributed by atoms with Crippen molar-refractivity contribution in [1.29, 1.82) is 0 Å². The minimum Gasteiger partial charge on any atom is -0.480 e. The summed E-state index contributed by atoms with van der Waals surface area (Å²) in [6.45, 7) is 0. The topological polar surface area (TPSA) is 112 Å². The van der Waals surface area contributed by atoms with Crippen LogP contribution in [0, 0.1) is 0 Å². The van der Waals surface area contributed by atoms with E-state index in [0.717, 1.165) is 5.56 Å². The zero-order valence-corrected chi connectivity index (χ0v) is 9.09. The molecule has 0 saturated heterocycles. The highest BCUT2D eigenvalue weighted by molar-refractivity contribution is 5.85. The molecule has 0 aliphatic heterocycles. The fourth-order valence-corrected chi connectivity index (χ4v) is 1.09. The van der Waals surface area contributed by atoms with E-state index in [4.69, 9.17) is 16.4 Å². The van der Waals surface area contributed by atoms with Gasteiger partial charge in [-0.25, -0.2) is 0 Å². The normalized spacial score (nSPS) is 10.8. The van der Waals surface area contributed by atoms with E-state index >= 15 is 0 Å². The van der Waals surface area contributed by atoms with Crippen LogP contribution in [0.25, 0.3) is 10.4 Å². The molecule has 3 N–H and O–H groups in total. The third-order valence-electron chi connectivity index (χ3n) is 1.87. The molecule has 0 aliphatic rings. The van der Waals surface area contributed by atoms with Gasteiger partial charge in [0.15, 0.2) is 0 Å². The molecule has 16 heavy (non-hydrogen) atoms. The van der Waals surface area contributed by atoms with Gasteiger partial charge in [-0.2, -0.15) is 0 Å². The smallest absolute Gasteiger partial charge is 0.320 e. The summed E-state index contributed by atoms with van der Waals surface area (Å²) in [7, 11) is 0. The maximum Gasteiger partial charge on any atom is 0.320 e. The van der Waals surface area contributed by atoms with Crippen LogP contribution in [-0.4, -0.2) is 17.1 Å². The van der Waals surface area contributed by atoms with Crippen molar-refractivity contribution in [3.63, 3.8) is 0 Å². The van der Waals surface area contributed by atoms with Crippen LogP contribution in [0.1, 0.15) is 5.56 Å². The van der Waals surface area contributed by atoms with Gasteiger partial charge in [-0.05, 0) is 17.5 Å². The first-order valence-corrected chi connectivity index (χ1v) is 4.26. The van der Waals surface area contributed by atoms with Crippen molar-refractivity contribution in [2.45, 2.75) is 12.5 Å². The molecule has 0 spiro atoms. The van der Waals surface area contributed by atoms with Gasteiger partial charge in [0.25, 0.3) is 0 Å². The predicted molar refractivity (Wildman–Crippen MR) is 61.8 cm³/mol. The molecule has 0 amide bonds. The Kier molecular flexibility index (Phi) is 5.95. The van der Waals surface area contributed by atoms with Gasteiger partial charge < -0.3 is 10.8 Å². The lowest BCUT2D eigenvalue weighted by Gasteiger charge is -2.05. The van der Waals surface area contributed by atoms with Crippen LogP contribution < -0.4 is 5.73 Å². The Balaban J connectivity index is 0.00000225. The Morgan fingerprint density at radius 3 is 2.50 bits per heavy atom. The second kappa shape index (κ2) is 6.68. The lowest BCUT2D eigenvalue weighted by atomic mass is 10.1. The van der Waals surface area contributed by atoms with Crippen molar-refractivity contribution < 1.29 is 9.90 Å². The largest absolute Gasteiger partial charge is 0.480 e. The molecule has 1 aromatic carbocycles. The van der Waals surface area contributed by atoms with Gasteiger partial charge in [0.1, 0.15) is 6.04 Å². The summed E-state index contributed by atoms with van der Waals surface area (Å²) in [5, 5.41) is 12.0. The van der Waals surface area contributed by atoms with Gasteiger partial charge in [0.05, 0.1) is 0 Å². The van der Waals surface area contributed by atoms with Crippen LogP contribution in [0.2, 0.25) is 0 Å². The van der Waals surface area contributed by atoms with Crippen LogP contribution in [0.4, 0.5) is 5.69 Å². The number of carboxylic acids is 1. The number of hydrogen-bond donors (Lipinski definition) is 2. The van der Waals surface area contributed by atoms with Crippen molar-refractivity contribution in [2.24, 2.45) is 10.8 Å². The lowest BCUT2D eigenvalue weighted by Crippen LogP contribution is -2.32. The summed E-state index contributed by atoms with van der Waals surface area (Å²) in [4.78, 5) is 13.1. The van der Waals surface area contributed by atoms with Gasteiger partial charge in [-0.15, -0.1) is 12.4 Å². The number of carbonyl (C=O) groups is 1. The standard InChI is InChI=1S/C9H10N4O2.ClH/c10-8(9(14)15)5-6-1-3-7(4-2-6)12-13-11;/h1-4,8H,5,10H2,(H,14,15);1H. The molecule has 0 fully saturated rings. The van der Waals surface area contributed by atoms with Crippen molar-refractivity contribution in [3.8, 4) is 0 Å². The van der Waals surface area contributed by atoms with E-state index < -0.39 is 12.0 Å². The van der Waals surface area contributed by atoms with Crippen LogP contribution in [0.15, 0.2) is 29.4 Å². The fourth-order valence-electron chi connectivity index (χ4n) is 1.09. The Morgan fingerprint density at radius 1 is 1.50 bits per heavy atom. The predicted octanol–water partition coefficient (Wildman–Crippen LogP) is 2.00. The van der Waals surface area contributed by atoms with Gasteiger partial charge in [0.2, 0.25) is 0 Å². The monoisotopic (exact) mass is 242 g/mol. The summed E-state index contributed by atoms with van der Waals surface area (Å²) >= 11 is 0. The number of aliphatic carboxylic acids is 1. The average molecular weight is 243 g/mol. The molecule has 0 aromatic heterocycles. The molecule has 1 aromatic rings. The number of carboxylic acid groups (broad SMARTS) is 1. The molecule has 0 bridgehead atoms. The highest BCUT2D eigenvalue weighted by Crippen LogP contribution is 2.13. The van der Waals surface area contributed by atoms with Crippen LogP contribution in [0.3, 0.4) is 0 Å². The highest BCUT2D eigenvalue weighted by atomic mass is 35.5. The first-order valence-electron chi connectivity index (χ1n) is 4.26. The molecule has 1 unspecified atom stereocenters. The van der Waals surface area contributed by atoms with Crippen molar-refractivity contribution in [3.05, 3.63) is 40.3 Å².